The molecule has 0 aliphatic carbocycles. The van der Waals surface area contributed by atoms with Crippen LogP contribution in [0.3, 0.4) is 0 Å². The lowest BCUT2D eigenvalue weighted by molar-refractivity contribution is 0.249. The Bertz CT molecular complexity index is 1050. The normalized spacial score (nSPS) is 12.2. The molecule has 0 saturated heterocycles. The molecule has 0 radical (unpaired) electrons. The molecule has 0 fully saturated rings. The van der Waals surface area contributed by atoms with Gasteiger partial charge in [0.25, 0.3) is 0 Å². The van der Waals surface area contributed by atoms with Crippen LogP contribution in [0.15, 0.2) is 66.9 Å². The number of fused-ring (bicyclic) bond motifs is 2. The minimum atomic E-state index is -0.242. The summed E-state index contributed by atoms with van der Waals surface area (Å²) in [6, 6.07) is 19.6. The molecular formula is C20H18N4O. The second kappa shape index (κ2) is 6.28. The van der Waals surface area contributed by atoms with E-state index in [-0.39, 0.29) is 12.1 Å². The van der Waals surface area contributed by atoms with Crippen LogP contribution in [-0.4, -0.2) is 16.2 Å². The van der Waals surface area contributed by atoms with E-state index in [2.05, 4.69) is 39.0 Å². The maximum absolute atomic E-state index is 12.4. The third kappa shape index (κ3) is 2.92. The molecule has 1 atom stereocenters. The molecule has 0 aliphatic rings. The topological polar surface area (TPSA) is 69.8 Å². The first kappa shape index (κ1) is 15.2. The summed E-state index contributed by atoms with van der Waals surface area (Å²) < 4.78 is 0. The van der Waals surface area contributed by atoms with Crippen LogP contribution in [-0.2, 0) is 0 Å². The number of rotatable bonds is 3. The van der Waals surface area contributed by atoms with Crippen molar-refractivity contribution in [1.82, 2.24) is 15.5 Å². The van der Waals surface area contributed by atoms with Crippen LogP contribution in [0.1, 0.15) is 18.5 Å². The average molecular weight is 330 g/mol. The number of carbonyl (C=O) groups is 1. The van der Waals surface area contributed by atoms with E-state index >= 15 is 0 Å². The molecule has 5 nitrogen and oxygen atoms in total. The van der Waals surface area contributed by atoms with Crippen molar-refractivity contribution in [2.75, 3.05) is 5.32 Å². The smallest absolute Gasteiger partial charge is 0.319 e. The molecule has 25 heavy (non-hydrogen) atoms. The molecule has 1 aromatic heterocycles. The highest BCUT2D eigenvalue weighted by molar-refractivity contribution is 6.00. The number of carbonyl (C=O) groups excluding carboxylic acids is 1. The van der Waals surface area contributed by atoms with E-state index in [1.807, 2.05) is 49.4 Å². The van der Waals surface area contributed by atoms with Gasteiger partial charge < -0.3 is 10.6 Å². The van der Waals surface area contributed by atoms with Crippen molar-refractivity contribution in [3.8, 4) is 0 Å². The van der Waals surface area contributed by atoms with Gasteiger partial charge in [-0.25, -0.2) is 4.79 Å². The number of hydrogen-bond acceptors (Lipinski definition) is 2. The molecule has 4 aromatic rings. The molecule has 0 bridgehead atoms. The first-order chi connectivity index (χ1) is 12.2. The Kier molecular flexibility index (Phi) is 3.82. The van der Waals surface area contributed by atoms with Gasteiger partial charge in [-0.3, -0.25) is 5.10 Å². The van der Waals surface area contributed by atoms with Gasteiger partial charge in [0.15, 0.2) is 0 Å². The third-order valence-electron chi connectivity index (χ3n) is 4.37. The summed E-state index contributed by atoms with van der Waals surface area (Å²) in [7, 11) is 0. The zero-order chi connectivity index (χ0) is 17.2. The highest BCUT2D eigenvalue weighted by Gasteiger charge is 2.13. The summed E-state index contributed by atoms with van der Waals surface area (Å²) >= 11 is 0. The molecule has 4 rings (SSSR count). The number of urea groups is 1. The molecule has 124 valence electrons. The molecule has 0 spiro atoms. The van der Waals surface area contributed by atoms with E-state index < -0.39 is 0 Å². The average Bonchev–Trinajstić information content (AvgIpc) is 3.11. The summed E-state index contributed by atoms with van der Waals surface area (Å²) in [6.07, 6.45) is 1.71. The lowest BCUT2D eigenvalue weighted by atomic mass is 10.00. The van der Waals surface area contributed by atoms with Crippen LogP contribution >= 0.6 is 0 Å². The van der Waals surface area contributed by atoms with Crippen molar-refractivity contribution < 1.29 is 4.79 Å². The van der Waals surface area contributed by atoms with Crippen LogP contribution in [0.4, 0.5) is 10.5 Å². The van der Waals surface area contributed by atoms with Crippen LogP contribution in [0.5, 0.6) is 0 Å². The summed E-state index contributed by atoms with van der Waals surface area (Å²) in [5, 5.41) is 16.0. The Morgan fingerprint density at radius 1 is 1.00 bits per heavy atom. The zero-order valence-electron chi connectivity index (χ0n) is 13.8. The van der Waals surface area contributed by atoms with Crippen molar-refractivity contribution in [1.29, 1.82) is 0 Å². The van der Waals surface area contributed by atoms with Gasteiger partial charge >= 0.3 is 6.03 Å². The van der Waals surface area contributed by atoms with Crippen molar-refractivity contribution in [2.24, 2.45) is 0 Å². The van der Waals surface area contributed by atoms with Crippen LogP contribution < -0.4 is 10.6 Å². The van der Waals surface area contributed by atoms with E-state index in [9.17, 15) is 4.79 Å². The van der Waals surface area contributed by atoms with Gasteiger partial charge in [0.1, 0.15) is 0 Å². The Labute approximate surface area is 145 Å². The van der Waals surface area contributed by atoms with Crippen LogP contribution in [0.25, 0.3) is 21.7 Å². The molecular weight excluding hydrogens is 312 g/mol. The fraction of sp³-hybridized carbons (Fsp3) is 0.100. The predicted molar refractivity (Wildman–Crippen MR) is 101 cm³/mol. The predicted octanol–water partition coefficient (Wildman–Crippen LogP) is 4.60. The maximum Gasteiger partial charge on any atom is 0.319 e. The molecule has 3 N–H and O–H groups in total. The number of aromatic nitrogens is 2. The van der Waals surface area contributed by atoms with E-state index in [0.29, 0.717) is 0 Å². The number of nitrogens with one attached hydrogen (secondary N) is 3. The van der Waals surface area contributed by atoms with Crippen molar-refractivity contribution in [3.63, 3.8) is 0 Å². The summed E-state index contributed by atoms with van der Waals surface area (Å²) in [4.78, 5) is 12.4. The monoisotopic (exact) mass is 330 g/mol. The van der Waals surface area contributed by atoms with Gasteiger partial charge in [-0.1, -0.05) is 48.5 Å². The highest BCUT2D eigenvalue weighted by Crippen LogP contribution is 2.25. The number of amides is 2. The Balaban J connectivity index is 1.55. The van der Waals surface area contributed by atoms with Crippen LogP contribution in [0, 0.1) is 0 Å². The Morgan fingerprint density at radius 2 is 1.80 bits per heavy atom. The van der Waals surface area contributed by atoms with Crippen LogP contribution in [0.2, 0.25) is 0 Å². The number of hydrogen-bond donors (Lipinski definition) is 3. The second-order valence-electron chi connectivity index (χ2n) is 6.03. The Morgan fingerprint density at radius 3 is 2.72 bits per heavy atom. The maximum atomic E-state index is 12.4. The molecule has 5 heteroatoms. The molecule has 0 aliphatic heterocycles. The molecule has 2 amide bonds. The number of benzene rings is 3. The first-order valence-corrected chi connectivity index (χ1v) is 8.19. The number of nitrogens with zero attached hydrogens (tertiary/aromatic N) is 1. The van der Waals surface area contributed by atoms with Gasteiger partial charge in [-0.05, 0) is 35.4 Å². The lowest BCUT2D eigenvalue weighted by Gasteiger charge is -2.17. The van der Waals surface area contributed by atoms with E-state index in [4.69, 9.17) is 0 Å². The minimum absolute atomic E-state index is 0.116. The SMILES string of the molecule is C[C@@H](NC(=O)Nc1cccc2[nH]ncc12)c1cccc2ccccc12. The van der Waals surface area contributed by atoms with E-state index in [1.165, 1.54) is 0 Å². The van der Waals surface area contributed by atoms with Crippen molar-refractivity contribution >= 4 is 33.4 Å². The van der Waals surface area contributed by atoms with E-state index in [1.54, 1.807) is 6.20 Å². The lowest BCUT2D eigenvalue weighted by Crippen LogP contribution is -2.31. The number of aromatic amines is 1. The van der Waals surface area contributed by atoms with Crippen molar-refractivity contribution in [3.05, 3.63) is 72.4 Å². The second-order valence-corrected chi connectivity index (χ2v) is 6.03. The van der Waals surface area contributed by atoms with E-state index in [0.717, 1.165) is 32.9 Å². The number of anilines is 1. The third-order valence-corrected chi connectivity index (χ3v) is 4.37. The summed E-state index contributed by atoms with van der Waals surface area (Å²) in [6.45, 7) is 1.99. The molecule has 1 heterocycles. The first-order valence-electron chi connectivity index (χ1n) is 8.19. The van der Waals surface area contributed by atoms with Gasteiger partial charge in [0.2, 0.25) is 0 Å². The highest BCUT2D eigenvalue weighted by atomic mass is 16.2. The number of H-pyrrole nitrogens is 1. The minimum Gasteiger partial charge on any atom is -0.331 e. The van der Waals surface area contributed by atoms with Gasteiger partial charge in [0, 0.05) is 5.39 Å². The Hall–Kier alpha value is -3.34. The van der Waals surface area contributed by atoms with Crippen molar-refractivity contribution in [2.45, 2.75) is 13.0 Å². The molecule has 0 saturated carbocycles. The largest absolute Gasteiger partial charge is 0.331 e. The summed E-state index contributed by atoms with van der Waals surface area (Å²) in [5.41, 5.74) is 2.71. The van der Waals surface area contributed by atoms with Gasteiger partial charge in [-0.2, -0.15) is 5.10 Å². The zero-order valence-corrected chi connectivity index (χ0v) is 13.8. The fourth-order valence-corrected chi connectivity index (χ4v) is 3.14. The quantitative estimate of drug-likeness (QED) is 0.514. The summed E-state index contributed by atoms with van der Waals surface area (Å²) in [5.74, 6) is 0. The molecule has 3 aromatic carbocycles. The van der Waals surface area contributed by atoms with Gasteiger partial charge in [0.05, 0.1) is 23.4 Å². The molecule has 0 unspecified atom stereocenters. The standard InChI is InChI=1S/C20H18N4O/c1-13(15-9-4-7-14-6-2-3-8-16(14)15)22-20(25)23-18-10-5-11-19-17(18)12-21-24-19/h2-13H,1H3,(H,21,24)(H2,22,23,25)/t13-/m1/s1. The fourth-order valence-electron chi connectivity index (χ4n) is 3.14. The van der Waals surface area contributed by atoms with Gasteiger partial charge in [-0.15, -0.1) is 0 Å².